The van der Waals surface area contributed by atoms with Gasteiger partial charge in [0.05, 0.1) is 0 Å². The largest absolute Gasteiger partial charge is 0.353 e. The van der Waals surface area contributed by atoms with Gasteiger partial charge in [0.15, 0.2) is 11.2 Å². The Labute approximate surface area is 201 Å². The van der Waals surface area contributed by atoms with Crippen LogP contribution in [-0.4, -0.2) is 31.1 Å². The number of unbranched alkanes of at least 4 members (excludes halogenated alkanes) is 1. The number of fused-ring (bicyclic) bond motifs is 3. The minimum atomic E-state index is -0.420. The Balaban J connectivity index is 1.58. The van der Waals surface area contributed by atoms with E-state index in [0.29, 0.717) is 48.8 Å². The summed E-state index contributed by atoms with van der Waals surface area (Å²) in [4.78, 5) is 45.5. The molecule has 2 aliphatic carbocycles. The zero-order valence-corrected chi connectivity index (χ0v) is 21.7. The minimum Gasteiger partial charge on any atom is -0.353 e. The molecule has 2 aromatic rings. The molecule has 8 nitrogen and oxygen atoms in total. The van der Waals surface area contributed by atoms with E-state index in [1.807, 2.05) is 4.57 Å². The summed E-state index contributed by atoms with van der Waals surface area (Å²) in [7, 11) is 0. The van der Waals surface area contributed by atoms with Crippen LogP contribution in [0.3, 0.4) is 0 Å². The SMILES string of the molecule is CCCCn1c(=O)[nH]c(=O)c2c1nc(CCC(=O)NC1CC3CCC1(C)C3(C)C)n2CC(C)C. The van der Waals surface area contributed by atoms with Gasteiger partial charge in [0.25, 0.3) is 5.56 Å². The van der Waals surface area contributed by atoms with Crippen LogP contribution < -0.4 is 16.6 Å². The number of H-pyrrole nitrogens is 1. The van der Waals surface area contributed by atoms with Crippen LogP contribution in [0.5, 0.6) is 0 Å². The Kier molecular flexibility index (Phi) is 6.55. The number of amides is 1. The van der Waals surface area contributed by atoms with Crippen LogP contribution in [0.4, 0.5) is 0 Å². The minimum absolute atomic E-state index is 0.0370. The van der Waals surface area contributed by atoms with Gasteiger partial charge in [-0.1, -0.05) is 48.0 Å². The van der Waals surface area contributed by atoms with Crippen LogP contribution in [0, 0.1) is 22.7 Å². The molecule has 8 heteroatoms. The summed E-state index contributed by atoms with van der Waals surface area (Å²) >= 11 is 0. The lowest BCUT2D eigenvalue weighted by molar-refractivity contribution is -0.122. The summed E-state index contributed by atoms with van der Waals surface area (Å²) in [6.45, 7) is 14.4. The number of aryl methyl sites for hydroxylation is 2. The number of aromatic amines is 1. The Morgan fingerprint density at radius 1 is 1.24 bits per heavy atom. The third kappa shape index (κ3) is 4.03. The van der Waals surface area contributed by atoms with Crippen molar-refractivity contribution in [2.75, 3.05) is 0 Å². The quantitative estimate of drug-likeness (QED) is 0.583. The van der Waals surface area contributed by atoms with Crippen molar-refractivity contribution in [3.63, 3.8) is 0 Å². The molecule has 2 bridgehead atoms. The fourth-order valence-electron chi connectivity index (χ4n) is 6.41. The van der Waals surface area contributed by atoms with E-state index in [0.717, 1.165) is 25.7 Å². The van der Waals surface area contributed by atoms with Crippen molar-refractivity contribution >= 4 is 17.1 Å². The summed E-state index contributed by atoms with van der Waals surface area (Å²) in [5, 5.41) is 3.33. The number of hydrogen-bond donors (Lipinski definition) is 2. The van der Waals surface area contributed by atoms with Crippen molar-refractivity contribution in [3.8, 4) is 0 Å². The molecule has 0 saturated heterocycles. The smallest absolute Gasteiger partial charge is 0.330 e. The van der Waals surface area contributed by atoms with Gasteiger partial charge in [0, 0.05) is 32.0 Å². The van der Waals surface area contributed by atoms with Crippen molar-refractivity contribution in [1.29, 1.82) is 0 Å². The molecule has 3 unspecified atom stereocenters. The lowest BCUT2D eigenvalue weighted by Gasteiger charge is -2.39. The van der Waals surface area contributed by atoms with Gasteiger partial charge in [-0.05, 0) is 48.3 Å². The molecule has 0 spiro atoms. The van der Waals surface area contributed by atoms with Crippen LogP contribution in [0.15, 0.2) is 9.59 Å². The van der Waals surface area contributed by atoms with Crippen LogP contribution >= 0.6 is 0 Å². The summed E-state index contributed by atoms with van der Waals surface area (Å²) in [5.41, 5.74) is 0.424. The molecule has 0 aliphatic heterocycles. The Bertz CT molecular complexity index is 1190. The Morgan fingerprint density at radius 2 is 1.97 bits per heavy atom. The number of nitrogens with one attached hydrogen (secondary N) is 2. The average Bonchev–Trinajstić information content (AvgIpc) is 3.27. The second-order valence-corrected chi connectivity index (χ2v) is 11.7. The topological polar surface area (TPSA) is 102 Å². The second-order valence-electron chi connectivity index (χ2n) is 11.7. The fourth-order valence-corrected chi connectivity index (χ4v) is 6.41. The Morgan fingerprint density at radius 3 is 2.56 bits per heavy atom. The zero-order chi connectivity index (χ0) is 24.8. The summed E-state index contributed by atoms with van der Waals surface area (Å²) in [6.07, 6.45) is 5.99. The molecule has 0 radical (unpaired) electrons. The van der Waals surface area contributed by atoms with Gasteiger partial charge >= 0.3 is 5.69 Å². The number of nitrogens with zero attached hydrogens (tertiary/aromatic N) is 3. The van der Waals surface area contributed by atoms with E-state index in [-0.39, 0.29) is 28.7 Å². The normalized spacial score (nSPS) is 25.5. The van der Waals surface area contributed by atoms with E-state index >= 15 is 0 Å². The van der Waals surface area contributed by atoms with E-state index in [9.17, 15) is 14.4 Å². The zero-order valence-electron chi connectivity index (χ0n) is 21.7. The first-order chi connectivity index (χ1) is 16.0. The standard InChI is InChI=1S/C26H41N5O3/c1-7-8-13-30-22-21(23(33)29-24(30)34)31(15-16(2)3)19(28-22)9-10-20(32)27-18-14-17-11-12-26(18,6)25(17,4)5/h16-18H,7-15H2,1-6H3,(H,27,32)(H,29,33,34). The maximum atomic E-state index is 13.0. The van der Waals surface area contributed by atoms with Crippen LogP contribution in [-0.2, 0) is 24.3 Å². The molecule has 2 aliphatic rings. The van der Waals surface area contributed by atoms with Gasteiger partial charge in [-0.15, -0.1) is 0 Å². The van der Waals surface area contributed by atoms with E-state index in [1.54, 1.807) is 4.57 Å². The monoisotopic (exact) mass is 471 g/mol. The van der Waals surface area contributed by atoms with Gasteiger partial charge < -0.3 is 9.88 Å². The molecule has 2 heterocycles. The third-order valence-corrected chi connectivity index (χ3v) is 8.95. The van der Waals surface area contributed by atoms with Crippen molar-refractivity contribution in [2.24, 2.45) is 22.7 Å². The number of aromatic nitrogens is 4. The number of carbonyl (C=O) groups excluding carboxylic acids is 1. The highest BCUT2D eigenvalue weighted by Gasteiger charge is 2.61. The van der Waals surface area contributed by atoms with Crippen molar-refractivity contribution in [3.05, 3.63) is 26.7 Å². The van der Waals surface area contributed by atoms with Crippen LogP contribution in [0.25, 0.3) is 11.2 Å². The molecule has 2 fully saturated rings. The molecule has 2 N–H and O–H groups in total. The maximum absolute atomic E-state index is 13.0. The van der Waals surface area contributed by atoms with Crippen molar-refractivity contribution < 1.29 is 4.79 Å². The van der Waals surface area contributed by atoms with Crippen molar-refractivity contribution in [2.45, 2.75) is 106 Å². The van der Waals surface area contributed by atoms with E-state index in [4.69, 9.17) is 4.98 Å². The number of imidazole rings is 1. The van der Waals surface area contributed by atoms with Crippen LogP contribution in [0.2, 0.25) is 0 Å². The van der Waals surface area contributed by atoms with Gasteiger partial charge in [0.2, 0.25) is 5.91 Å². The predicted molar refractivity (Wildman–Crippen MR) is 134 cm³/mol. The lowest BCUT2D eigenvalue weighted by Crippen LogP contribution is -2.46. The first-order valence-corrected chi connectivity index (χ1v) is 13.0. The van der Waals surface area contributed by atoms with Gasteiger partial charge in [-0.25, -0.2) is 9.78 Å². The maximum Gasteiger partial charge on any atom is 0.330 e. The molecule has 1 amide bonds. The van der Waals surface area contributed by atoms with Gasteiger partial charge in [-0.2, -0.15) is 0 Å². The first-order valence-electron chi connectivity index (χ1n) is 13.0. The average molecular weight is 472 g/mol. The molecule has 2 saturated carbocycles. The highest BCUT2D eigenvalue weighted by molar-refractivity contribution is 5.77. The first kappa shape index (κ1) is 24.7. The van der Waals surface area contributed by atoms with E-state index in [1.165, 1.54) is 6.42 Å². The van der Waals surface area contributed by atoms with Gasteiger partial charge in [0.1, 0.15) is 5.82 Å². The summed E-state index contributed by atoms with van der Waals surface area (Å²) in [5.74, 6) is 1.69. The number of carbonyl (C=O) groups is 1. The molecule has 4 rings (SSSR count). The highest BCUT2D eigenvalue weighted by atomic mass is 16.2. The molecular weight excluding hydrogens is 430 g/mol. The summed E-state index contributed by atoms with van der Waals surface area (Å²) < 4.78 is 3.48. The molecule has 188 valence electrons. The van der Waals surface area contributed by atoms with E-state index < -0.39 is 11.2 Å². The summed E-state index contributed by atoms with van der Waals surface area (Å²) in [6, 6.07) is 0.213. The molecule has 2 aromatic heterocycles. The number of rotatable bonds is 9. The van der Waals surface area contributed by atoms with E-state index in [2.05, 4.69) is 51.8 Å². The molecule has 34 heavy (non-hydrogen) atoms. The molecule has 0 aromatic carbocycles. The molecular formula is C26H41N5O3. The third-order valence-electron chi connectivity index (χ3n) is 8.95. The lowest BCUT2D eigenvalue weighted by atomic mass is 9.69. The molecule has 3 atom stereocenters. The predicted octanol–water partition coefficient (Wildman–Crippen LogP) is 3.61. The second kappa shape index (κ2) is 9.00. The van der Waals surface area contributed by atoms with Crippen molar-refractivity contribution in [1.82, 2.24) is 24.4 Å². The highest BCUT2D eigenvalue weighted by Crippen LogP contribution is 2.65. The van der Waals surface area contributed by atoms with Gasteiger partial charge in [-0.3, -0.25) is 19.1 Å². The number of hydrogen-bond acceptors (Lipinski definition) is 4. The van der Waals surface area contributed by atoms with Crippen LogP contribution in [0.1, 0.15) is 85.9 Å². The fraction of sp³-hybridized carbons (Fsp3) is 0.769. The Hall–Kier alpha value is -2.38.